The zero-order valence-corrected chi connectivity index (χ0v) is 7.43. The smallest absolute Gasteiger partial charge is 0.251 e. The number of aliphatic hydroxyl groups is 1. The molecule has 1 rings (SSSR count). The molecule has 1 aromatic rings. The molecule has 5 nitrogen and oxygen atoms in total. The number of hydrogen-bond acceptors (Lipinski definition) is 4. The van der Waals surface area contributed by atoms with Crippen molar-refractivity contribution in [1.29, 1.82) is 0 Å². The van der Waals surface area contributed by atoms with Gasteiger partial charge >= 0.3 is 0 Å². The standard InChI is InChI=1S/C9H10N2O3/c12-4-3-11-9(14)7-1-2-10-8(5-7)6-13/h1-2,4-5,13H,3,6H2,(H,11,14). The van der Waals surface area contributed by atoms with Gasteiger partial charge in [-0.1, -0.05) is 0 Å². The summed E-state index contributed by atoms with van der Waals surface area (Å²) in [5.41, 5.74) is 0.801. The summed E-state index contributed by atoms with van der Waals surface area (Å²) in [7, 11) is 0. The van der Waals surface area contributed by atoms with Crippen LogP contribution < -0.4 is 5.32 Å². The highest BCUT2D eigenvalue weighted by molar-refractivity contribution is 5.95. The number of nitrogens with zero attached hydrogens (tertiary/aromatic N) is 1. The molecule has 0 aromatic carbocycles. The molecule has 0 atom stereocenters. The third kappa shape index (κ3) is 2.63. The van der Waals surface area contributed by atoms with E-state index in [0.29, 0.717) is 17.5 Å². The minimum absolute atomic E-state index is 0.0182. The van der Waals surface area contributed by atoms with Gasteiger partial charge in [0.15, 0.2) is 0 Å². The number of rotatable bonds is 4. The lowest BCUT2D eigenvalue weighted by atomic mass is 10.2. The maximum atomic E-state index is 11.3. The molecule has 0 saturated carbocycles. The Morgan fingerprint density at radius 1 is 1.64 bits per heavy atom. The third-order valence-electron chi connectivity index (χ3n) is 1.59. The molecule has 0 fully saturated rings. The molecule has 5 heteroatoms. The summed E-state index contributed by atoms with van der Waals surface area (Å²) in [4.78, 5) is 25.1. The second kappa shape index (κ2) is 5.08. The van der Waals surface area contributed by atoms with Gasteiger partial charge in [-0.05, 0) is 12.1 Å². The number of carbonyl (C=O) groups is 2. The van der Waals surface area contributed by atoms with Crippen LogP contribution in [-0.2, 0) is 11.4 Å². The van der Waals surface area contributed by atoms with Crippen molar-refractivity contribution in [3.63, 3.8) is 0 Å². The quantitative estimate of drug-likeness (QED) is 0.633. The summed E-state index contributed by atoms with van der Waals surface area (Å²) in [5.74, 6) is -0.353. The van der Waals surface area contributed by atoms with E-state index in [1.165, 1.54) is 18.3 Å². The third-order valence-corrected chi connectivity index (χ3v) is 1.59. The molecule has 1 aromatic heterocycles. The first kappa shape index (κ1) is 10.3. The van der Waals surface area contributed by atoms with Gasteiger partial charge in [-0.2, -0.15) is 0 Å². The summed E-state index contributed by atoms with van der Waals surface area (Å²) in [6, 6.07) is 2.99. The number of hydrogen-bond donors (Lipinski definition) is 2. The van der Waals surface area contributed by atoms with Crippen LogP contribution in [0.3, 0.4) is 0 Å². The predicted molar refractivity (Wildman–Crippen MR) is 48.6 cm³/mol. The van der Waals surface area contributed by atoms with Crippen LogP contribution in [0.25, 0.3) is 0 Å². The highest BCUT2D eigenvalue weighted by Crippen LogP contribution is 2.01. The Bertz CT molecular complexity index is 339. The van der Waals surface area contributed by atoms with E-state index in [1.807, 2.05) is 0 Å². The fourth-order valence-electron chi connectivity index (χ4n) is 0.942. The zero-order valence-electron chi connectivity index (χ0n) is 7.43. The van der Waals surface area contributed by atoms with E-state index < -0.39 is 0 Å². The molecule has 0 bridgehead atoms. The van der Waals surface area contributed by atoms with Crippen LogP contribution in [0.1, 0.15) is 16.1 Å². The summed E-state index contributed by atoms with van der Waals surface area (Å²) in [6.07, 6.45) is 2.04. The number of aromatic nitrogens is 1. The Labute approximate surface area is 80.8 Å². The molecule has 0 spiro atoms. The van der Waals surface area contributed by atoms with Gasteiger partial charge in [0.1, 0.15) is 6.29 Å². The zero-order chi connectivity index (χ0) is 10.4. The molecule has 14 heavy (non-hydrogen) atoms. The maximum absolute atomic E-state index is 11.3. The highest BCUT2D eigenvalue weighted by atomic mass is 16.3. The van der Waals surface area contributed by atoms with E-state index in [9.17, 15) is 9.59 Å². The Kier molecular flexibility index (Phi) is 3.75. The average Bonchev–Trinajstić information content (AvgIpc) is 2.26. The van der Waals surface area contributed by atoms with Crippen molar-refractivity contribution in [3.8, 4) is 0 Å². The Morgan fingerprint density at radius 3 is 3.07 bits per heavy atom. The number of aldehydes is 1. The number of nitrogens with one attached hydrogen (secondary N) is 1. The van der Waals surface area contributed by atoms with E-state index in [-0.39, 0.29) is 19.1 Å². The fourth-order valence-corrected chi connectivity index (χ4v) is 0.942. The monoisotopic (exact) mass is 194 g/mol. The van der Waals surface area contributed by atoms with Crippen LogP contribution >= 0.6 is 0 Å². The molecule has 0 aliphatic heterocycles. The van der Waals surface area contributed by atoms with Crippen LogP contribution in [0.2, 0.25) is 0 Å². The number of aliphatic hydroxyl groups excluding tert-OH is 1. The summed E-state index contributed by atoms with van der Waals surface area (Å²) >= 11 is 0. The van der Waals surface area contributed by atoms with Gasteiger partial charge in [-0.3, -0.25) is 9.78 Å². The van der Waals surface area contributed by atoms with Gasteiger partial charge in [0.05, 0.1) is 18.8 Å². The topological polar surface area (TPSA) is 79.3 Å². The van der Waals surface area contributed by atoms with Gasteiger partial charge < -0.3 is 15.2 Å². The van der Waals surface area contributed by atoms with E-state index >= 15 is 0 Å². The second-order valence-electron chi connectivity index (χ2n) is 2.57. The van der Waals surface area contributed by atoms with Crippen molar-refractivity contribution in [2.75, 3.05) is 6.54 Å². The molecule has 1 amide bonds. The summed E-state index contributed by atoms with van der Waals surface area (Å²) in [5, 5.41) is 11.2. The molecular weight excluding hydrogens is 184 g/mol. The van der Waals surface area contributed by atoms with Crippen molar-refractivity contribution < 1.29 is 14.7 Å². The SMILES string of the molecule is O=CCNC(=O)c1ccnc(CO)c1. The van der Waals surface area contributed by atoms with Crippen LogP contribution in [0.5, 0.6) is 0 Å². The van der Waals surface area contributed by atoms with E-state index in [2.05, 4.69) is 10.3 Å². The maximum Gasteiger partial charge on any atom is 0.251 e. The second-order valence-corrected chi connectivity index (χ2v) is 2.57. The normalized spacial score (nSPS) is 9.50. The molecule has 0 radical (unpaired) electrons. The van der Waals surface area contributed by atoms with Gasteiger partial charge in [0, 0.05) is 11.8 Å². The average molecular weight is 194 g/mol. The lowest BCUT2D eigenvalue weighted by molar-refractivity contribution is -0.107. The minimum atomic E-state index is -0.353. The molecule has 0 aliphatic carbocycles. The molecule has 2 N–H and O–H groups in total. The van der Waals surface area contributed by atoms with Gasteiger partial charge in [0.25, 0.3) is 5.91 Å². The first-order chi connectivity index (χ1) is 6.77. The van der Waals surface area contributed by atoms with Crippen molar-refractivity contribution in [1.82, 2.24) is 10.3 Å². The van der Waals surface area contributed by atoms with Gasteiger partial charge in [-0.15, -0.1) is 0 Å². The largest absolute Gasteiger partial charge is 0.390 e. The van der Waals surface area contributed by atoms with Crippen molar-refractivity contribution >= 4 is 12.2 Å². The Hall–Kier alpha value is -1.75. The lowest BCUT2D eigenvalue weighted by Gasteiger charge is -2.02. The fraction of sp³-hybridized carbons (Fsp3) is 0.222. The number of amides is 1. The van der Waals surface area contributed by atoms with Crippen molar-refractivity contribution in [2.45, 2.75) is 6.61 Å². The van der Waals surface area contributed by atoms with E-state index in [4.69, 9.17) is 5.11 Å². The molecule has 74 valence electrons. The lowest BCUT2D eigenvalue weighted by Crippen LogP contribution is -2.25. The Balaban J connectivity index is 2.73. The van der Waals surface area contributed by atoms with Crippen LogP contribution in [0, 0.1) is 0 Å². The van der Waals surface area contributed by atoms with E-state index in [0.717, 1.165) is 0 Å². The van der Waals surface area contributed by atoms with Crippen LogP contribution in [0.15, 0.2) is 18.3 Å². The molecule has 0 saturated heterocycles. The molecule has 0 unspecified atom stereocenters. The predicted octanol–water partition coefficient (Wildman–Crippen LogP) is -0.497. The molecular formula is C9H10N2O3. The first-order valence-corrected chi connectivity index (χ1v) is 4.05. The van der Waals surface area contributed by atoms with Crippen molar-refractivity contribution in [2.24, 2.45) is 0 Å². The number of carbonyl (C=O) groups excluding carboxylic acids is 2. The molecule has 1 heterocycles. The highest BCUT2D eigenvalue weighted by Gasteiger charge is 2.04. The van der Waals surface area contributed by atoms with E-state index in [1.54, 1.807) is 0 Å². The van der Waals surface area contributed by atoms with Gasteiger partial charge in [0.2, 0.25) is 0 Å². The number of pyridine rings is 1. The summed E-state index contributed by atoms with van der Waals surface area (Å²) in [6.45, 7) is -0.232. The van der Waals surface area contributed by atoms with Crippen molar-refractivity contribution in [3.05, 3.63) is 29.6 Å². The minimum Gasteiger partial charge on any atom is -0.390 e. The van der Waals surface area contributed by atoms with Gasteiger partial charge in [-0.25, -0.2) is 0 Å². The van der Waals surface area contributed by atoms with Crippen LogP contribution in [-0.4, -0.2) is 28.8 Å². The van der Waals surface area contributed by atoms with Crippen LogP contribution in [0.4, 0.5) is 0 Å². The summed E-state index contributed by atoms with van der Waals surface area (Å²) < 4.78 is 0. The Morgan fingerprint density at radius 2 is 2.43 bits per heavy atom. The first-order valence-electron chi connectivity index (χ1n) is 4.05. The molecule has 0 aliphatic rings.